The maximum absolute atomic E-state index is 12.7. The zero-order valence-electron chi connectivity index (χ0n) is 17.0. The molecule has 0 fully saturated rings. The molecule has 1 heterocycles. The van der Waals surface area contributed by atoms with Crippen molar-refractivity contribution in [1.82, 2.24) is 20.6 Å². The monoisotopic (exact) mass is 408 g/mol. The van der Waals surface area contributed by atoms with E-state index in [1.165, 1.54) is 4.68 Å². The highest BCUT2D eigenvalue weighted by atomic mass is 16.5. The molecule has 30 heavy (non-hydrogen) atoms. The van der Waals surface area contributed by atoms with E-state index in [1.54, 1.807) is 31.4 Å². The minimum absolute atomic E-state index is 0.0918. The zero-order chi connectivity index (χ0) is 21.5. The van der Waals surface area contributed by atoms with Gasteiger partial charge in [0.05, 0.1) is 12.5 Å². The third-order valence-electron chi connectivity index (χ3n) is 4.63. The molecule has 0 spiro atoms. The molecule has 156 valence electrons. The molecule has 2 amide bonds. The highest BCUT2D eigenvalue weighted by Gasteiger charge is 2.17. The van der Waals surface area contributed by atoms with E-state index in [4.69, 9.17) is 4.74 Å². The van der Waals surface area contributed by atoms with Crippen LogP contribution in [-0.2, 0) is 17.8 Å². The number of hydrazine groups is 1. The van der Waals surface area contributed by atoms with Crippen molar-refractivity contribution in [3.63, 3.8) is 0 Å². The van der Waals surface area contributed by atoms with Gasteiger partial charge in [-0.2, -0.15) is 5.10 Å². The molecule has 0 saturated heterocycles. The van der Waals surface area contributed by atoms with Gasteiger partial charge in [-0.3, -0.25) is 25.2 Å². The molecular formula is C22H24N4O4. The van der Waals surface area contributed by atoms with Crippen LogP contribution in [0.4, 0.5) is 0 Å². The lowest BCUT2D eigenvalue weighted by molar-refractivity contribution is -0.121. The molecule has 0 bridgehead atoms. The van der Waals surface area contributed by atoms with Crippen molar-refractivity contribution in [2.45, 2.75) is 32.7 Å². The minimum Gasteiger partial charge on any atom is -0.497 e. The lowest BCUT2D eigenvalue weighted by atomic mass is 10.1. The van der Waals surface area contributed by atoms with Crippen molar-refractivity contribution in [3.8, 4) is 5.75 Å². The molecule has 0 aliphatic heterocycles. The van der Waals surface area contributed by atoms with Crippen LogP contribution in [0.2, 0.25) is 0 Å². The van der Waals surface area contributed by atoms with Gasteiger partial charge in [0, 0.05) is 18.4 Å². The quantitative estimate of drug-likeness (QED) is 0.584. The summed E-state index contributed by atoms with van der Waals surface area (Å²) >= 11 is 0. The van der Waals surface area contributed by atoms with E-state index in [0.717, 1.165) is 11.3 Å². The predicted molar refractivity (Wildman–Crippen MR) is 113 cm³/mol. The number of amides is 2. The first kappa shape index (κ1) is 21.0. The highest BCUT2D eigenvalue weighted by molar-refractivity contribution is 6.05. The first-order valence-electron chi connectivity index (χ1n) is 9.75. The summed E-state index contributed by atoms with van der Waals surface area (Å²) < 4.78 is 6.39. The van der Waals surface area contributed by atoms with Crippen LogP contribution in [0, 0.1) is 0 Å². The number of carbonyl (C=O) groups is 2. The SMILES string of the molecule is CCCn1nc(C(=O)NNC(=O)CCc2ccc(OC)cc2)c2ccccc2c1=O. The molecule has 1 aromatic heterocycles. The van der Waals surface area contributed by atoms with Gasteiger partial charge in [0.1, 0.15) is 5.75 Å². The van der Waals surface area contributed by atoms with Gasteiger partial charge in [-0.25, -0.2) is 4.68 Å². The average molecular weight is 408 g/mol. The Morgan fingerprint density at radius 3 is 2.40 bits per heavy atom. The first-order chi connectivity index (χ1) is 14.5. The van der Waals surface area contributed by atoms with E-state index in [2.05, 4.69) is 16.0 Å². The lowest BCUT2D eigenvalue weighted by Crippen LogP contribution is -2.42. The van der Waals surface area contributed by atoms with Gasteiger partial charge in [-0.15, -0.1) is 0 Å². The molecule has 8 nitrogen and oxygen atoms in total. The number of nitrogens with one attached hydrogen (secondary N) is 2. The van der Waals surface area contributed by atoms with Gasteiger partial charge < -0.3 is 4.74 Å². The molecule has 8 heteroatoms. The predicted octanol–water partition coefficient (Wildman–Crippen LogP) is 2.21. The number of carbonyl (C=O) groups excluding carboxylic acids is 2. The van der Waals surface area contributed by atoms with E-state index in [1.807, 2.05) is 31.2 Å². The molecule has 0 radical (unpaired) electrons. The van der Waals surface area contributed by atoms with Gasteiger partial charge in [-0.05, 0) is 36.6 Å². The molecule has 0 unspecified atom stereocenters. The molecule has 0 atom stereocenters. The smallest absolute Gasteiger partial charge is 0.290 e. The number of benzene rings is 2. The number of ether oxygens (including phenoxy) is 1. The second-order valence-corrected chi connectivity index (χ2v) is 6.77. The van der Waals surface area contributed by atoms with E-state index in [9.17, 15) is 14.4 Å². The Morgan fingerprint density at radius 1 is 1.03 bits per heavy atom. The van der Waals surface area contributed by atoms with Gasteiger partial charge in [0.25, 0.3) is 11.5 Å². The Hall–Kier alpha value is -3.68. The summed E-state index contributed by atoms with van der Waals surface area (Å²) in [5.74, 6) is -0.154. The second-order valence-electron chi connectivity index (χ2n) is 6.77. The molecule has 0 aliphatic carbocycles. The maximum atomic E-state index is 12.7. The number of methoxy groups -OCH3 is 1. The second kappa shape index (κ2) is 9.69. The summed E-state index contributed by atoms with van der Waals surface area (Å²) in [6.45, 7) is 2.32. The van der Waals surface area contributed by atoms with Gasteiger partial charge in [0.2, 0.25) is 5.91 Å². The molecule has 0 aliphatic rings. The zero-order valence-corrected chi connectivity index (χ0v) is 17.0. The Labute approximate surface area is 173 Å². The molecule has 3 aromatic rings. The van der Waals surface area contributed by atoms with E-state index < -0.39 is 5.91 Å². The summed E-state index contributed by atoms with van der Waals surface area (Å²) in [5, 5.41) is 5.07. The van der Waals surface area contributed by atoms with Crippen LogP contribution in [0.5, 0.6) is 5.75 Å². The van der Waals surface area contributed by atoms with Crippen LogP contribution in [0.3, 0.4) is 0 Å². The van der Waals surface area contributed by atoms with Crippen molar-refractivity contribution < 1.29 is 14.3 Å². The Balaban J connectivity index is 1.66. The molecular weight excluding hydrogens is 384 g/mol. The van der Waals surface area contributed by atoms with Crippen LogP contribution in [-0.4, -0.2) is 28.7 Å². The Kier molecular flexibility index (Phi) is 6.79. The molecule has 2 aromatic carbocycles. The number of hydrogen-bond acceptors (Lipinski definition) is 5. The Bertz CT molecular complexity index is 1110. The van der Waals surface area contributed by atoms with E-state index >= 15 is 0 Å². The molecule has 2 N–H and O–H groups in total. The fraction of sp³-hybridized carbons (Fsp3) is 0.273. The lowest BCUT2D eigenvalue weighted by Gasteiger charge is -2.11. The number of nitrogens with zero attached hydrogens (tertiary/aromatic N) is 2. The van der Waals surface area contributed by atoms with E-state index in [-0.39, 0.29) is 23.6 Å². The summed E-state index contributed by atoms with van der Waals surface area (Å²) in [6.07, 6.45) is 1.43. The van der Waals surface area contributed by atoms with Crippen LogP contribution in [0.15, 0.2) is 53.3 Å². The number of hydrogen-bond donors (Lipinski definition) is 2. The van der Waals surface area contributed by atoms with Crippen molar-refractivity contribution in [1.29, 1.82) is 0 Å². The summed E-state index contributed by atoms with van der Waals surface area (Å²) in [4.78, 5) is 37.3. The number of aryl methyl sites for hydroxylation is 2. The van der Waals surface area contributed by atoms with Crippen LogP contribution in [0.1, 0.15) is 35.8 Å². The largest absolute Gasteiger partial charge is 0.497 e. The van der Waals surface area contributed by atoms with Crippen molar-refractivity contribution in [2.24, 2.45) is 0 Å². The summed E-state index contributed by atoms with van der Waals surface area (Å²) in [7, 11) is 1.59. The first-order valence-corrected chi connectivity index (χ1v) is 9.75. The van der Waals surface area contributed by atoms with Crippen molar-refractivity contribution in [3.05, 3.63) is 70.1 Å². The van der Waals surface area contributed by atoms with Crippen LogP contribution in [0.25, 0.3) is 10.8 Å². The minimum atomic E-state index is -0.575. The third-order valence-corrected chi connectivity index (χ3v) is 4.63. The van der Waals surface area contributed by atoms with E-state index in [0.29, 0.717) is 30.2 Å². The molecule has 3 rings (SSSR count). The summed E-state index contributed by atoms with van der Waals surface area (Å²) in [6, 6.07) is 14.2. The van der Waals surface area contributed by atoms with Gasteiger partial charge >= 0.3 is 0 Å². The average Bonchev–Trinajstić information content (AvgIpc) is 2.78. The standard InChI is InChI=1S/C22H24N4O4/c1-3-14-26-22(29)18-7-5-4-6-17(18)20(25-26)21(28)24-23-19(27)13-10-15-8-11-16(30-2)12-9-15/h4-9,11-12H,3,10,13-14H2,1-2H3,(H,23,27)(H,24,28). The highest BCUT2D eigenvalue weighted by Crippen LogP contribution is 2.14. The number of aromatic nitrogens is 2. The summed E-state index contributed by atoms with van der Waals surface area (Å²) in [5.41, 5.74) is 5.64. The maximum Gasteiger partial charge on any atom is 0.290 e. The Morgan fingerprint density at radius 2 is 1.73 bits per heavy atom. The van der Waals surface area contributed by atoms with Crippen LogP contribution >= 0.6 is 0 Å². The normalized spacial score (nSPS) is 10.6. The topological polar surface area (TPSA) is 102 Å². The number of rotatable bonds is 7. The van der Waals surface area contributed by atoms with Crippen molar-refractivity contribution in [2.75, 3.05) is 7.11 Å². The van der Waals surface area contributed by atoms with Crippen molar-refractivity contribution >= 4 is 22.6 Å². The number of fused-ring (bicyclic) bond motifs is 1. The third kappa shape index (κ3) is 4.83. The fourth-order valence-electron chi connectivity index (χ4n) is 3.06. The van der Waals surface area contributed by atoms with Gasteiger partial charge in [0.15, 0.2) is 5.69 Å². The van der Waals surface area contributed by atoms with Gasteiger partial charge in [-0.1, -0.05) is 37.3 Å². The van der Waals surface area contributed by atoms with Crippen LogP contribution < -0.4 is 21.1 Å². The molecule has 0 saturated carbocycles. The fourth-order valence-corrected chi connectivity index (χ4v) is 3.06.